The minimum absolute atomic E-state index is 0.145. The third-order valence-corrected chi connectivity index (χ3v) is 4.84. The molecule has 0 bridgehead atoms. The number of amides is 1. The SMILES string of the molecule is CC1(CNC(=O)C(C)(C)N2CCNCC2)CCOCC1. The van der Waals surface area contributed by atoms with Gasteiger partial charge < -0.3 is 15.4 Å². The Morgan fingerprint density at radius 2 is 1.90 bits per heavy atom. The van der Waals surface area contributed by atoms with E-state index in [4.69, 9.17) is 4.74 Å². The lowest BCUT2D eigenvalue weighted by Crippen LogP contribution is -2.60. The van der Waals surface area contributed by atoms with Crippen molar-refractivity contribution >= 4 is 5.91 Å². The molecule has 2 N–H and O–H groups in total. The van der Waals surface area contributed by atoms with Crippen LogP contribution in [0.5, 0.6) is 0 Å². The van der Waals surface area contributed by atoms with Gasteiger partial charge in [0.1, 0.15) is 0 Å². The zero-order valence-corrected chi connectivity index (χ0v) is 13.1. The second-order valence-electron chi connectivity index (χ2n) is 6.90. The van der Waals surface area contributed by atoms with E-state index >= 15 is 0 Å². The molecule has 20 heavy (non-hydrogen) atoms. The molecule has 2 fully saturated rings. The van der Waals surface area contributed by atoms with Crippen molar-refractivity contribution in [1.29, 1.82) is 0 Å². The zero-order chi connectivity index (χ0) is 14.6. The number of rotatable bonds is 4. The van der Waals surface area contributed by atoms with Crippen LogP contribution in [0, 0.1) is 5.41 Å². The molecule has 0 radical (unpaired) electrons. The van der Waals surface area contributed by atoms with Gasteiger partial charge in [0.05, 0.1) is 5.54 Å². The maximum Gasteiger partial charge on any atom is 0.239 e. The van der Waals surface area contributed by atoms with Crippen LogP contribution in [0.3, 0.4) is 0 Å². The van der Waals surface area contributed by atoms with E-state index in [1.54, 1.807) is 0 Å². The van der Waals surface area contributed by atoms with Gasteiger partial charge in [0.2, 0.25) is 5.91 Å². The van der Waals surface area contributed by atoms with Gasteiger partial charge in [0.25, 0.3) is 0 Å². The second kappa shape index (κ2) is 6.41. The Balaban J connectivity index is 1.86. The number of piperazine rings is 1. The lowest BCUT2D eigenvalue weighted by atomic mass is 9.82. The number of ether oxygens (including phenoxy) is 1. The standard InChI is InChI=1S/C15H29N3O2/c1-14(2,18-8-6-16-7-9-18)13(19)17-12-15(3)4-10-20-11-5-15/h16H,4-12H2,1-3H3,(H,17,19). The molecule has 0 aromatic rings. The fourth-order valence-electron chi connectivity index (χ4n) is 2.92. The van der Waals surface area contributed by atoms with Gasteiger partial charge in [-0.2, -0.15) is 0 Å². The summed E-state index contributed by atoms with van der Waals surface area (Å²) in [6, 6.07) is 0. The van der Waals surface area contributed by atoms with Crippen LogP contribution in [-0.4, -0.2) is 62.3 Å². The van der Waals surface area contributed by atoms with E-state index in [-0.39, 0.29) is 11.3 Å². The van der Waals surface area contributed by atoms with Crippen molar-refractivity contribution in [3.05, 3.63) is 0 Å². The van der Waals surface area contributed by atoms with Crippen molar-refractivity contribution in [3.8, 4) is 0 Å². The van der Waals surface area contributed by atoms with E-state index in [0.29, 0.717) is 0 Å². The maximum absolute atomic E-state index is 12.5. The smallest absolute Gasteiger partial charge is 0.239 e. The van der Waals surface area contributed by atoms with Gasteiger partial charge in [0, 0.05) is 45.9 Å². The number of nitrogens with zero attached hydrogens (tertiary/aromatic N) is 1. The highest BCUT2D eigenvalue weighted by Gasteiger charge is 2.36. The first-order chi connectivity index (χ1) is 9.44. The normalized spacial score (nSPS) is 24.4. The van der Waals surface area contributed by atoms with Gasteiger partial charge in [-0.15, -0.1) is 0 Å². The summed E-state index contributed by atoms with van der Waals surface area (Å²) < 4.78 is 5.41. The van der Waals surface area contributed by atoms with Gasteiger partial charge in [-0.05, 0) is 32.1 Å². The number of carbonyl (C=O) groups is 1. The number of nitrogens with one attached hydrogen (secondary N) is 2. The molecule has 0 unspecified atom stereocenters. The number of hydrogen-bond donors (Lipinski definition) is 2. The Labute approximate surface area is 122 Å². The van der Waals surface area contributed by atoms with Gasteiger partial charge in [-0.1, -0.05) is 6.92 Å². The molecule has 0 aromatic carbocycles. The van der Waals surface area contributed by atoms with Crippen LogP contribution >= 0.6 is 0 Å². The van der Waals surface area contributed by atoms with E-state index in [2.05, 4.69) is 22.5 Å². The highest BCUT2D eigenvalue weighted by Crippen LogP contribution is 2.29. The van der Waals surface area contributed by atoms with Crippen LogP contribution in [0.1, 0.15) is 33.6 Å². The molecule has 1 amide bonds. The molecule has 2 heterocycles. The third-order valence-electron chi connectivity index (χ3n) is 4.84. The molecule has 0 aliphatic carbocycles. The predicted molar refractivity (Wildman–Crippen MR) is 79.7 cm³/mol. The molecule has 2 aliphatic heterocycles. The highest BCUT2D eigenvalue weighted by molar-refractivity contribution is 5.85. The molecule has 2 aliphatic rings. The summed E-state index contributed by atoms with van der Waals surface area (Å²) >= 11 is 0. The van der Waals surface area contributed by atoms with Crippen LogP contribution < -0.4 is 10.6 Å². The van der Waals surface area contributed by atoms with E-state index in [1.807, 2.05) is 13.8 Å². The molecule has 2 saturated heterocycles. The van der Waals surface area contributed by atoms with Gasteiger partial charge in [-0.25, -0.2) is 0 Å². The van der Waals surface area contributed by atoms with Gasteiger partial charge in [0.15, 0.2) is 0 Å². The third kappa shape index (κ3) is 3.71. The molecular weight excluding hydrogens is 254 g/mol. The summed E-state index contributed by atoms with van der Waals surface area (Å²) in [5.74, 6) is 0.145. The first-order valence-corrected chi connectivity index (χ1v) is 7.76. The molecule has 0 saturated carbocycles. The quantitative estimate of drug-likeness (QED) is 0.793. The van der Waals surface area contributed by atoms with Crippen molar-refractivity contribution in [2.24, 2.45) is 5.41 Å². The number of carbonyl (C=O) groups excluding carboxylic acids is 1. The average molecular weight is 283 g/mol. The van der Waals surface area contributed by atoms with E-state index in [0.717, 1.165) is 58.8 Å². The number of hydrogen-bond acceptors (Lipinski definition) is 4. The summed E-state index contributed by atoms with van der Waals surface area (Å²) in [4.78, 5) is 14.8. The molecule has 0 aromatic heterocycles. The van der Waals surface area contributed by atoms with Crippen molar-refractivity contribution in [2.45, 2.75) is 39.2 Å². The van der Waals surface area contributed by atoms with Gasteiger partial charge >= 0.3 is 0 Å². The van der Waals surface area contributed by atoms with Crippen LogP contribution in [-0.2, 0) is 9.53 Å². The van der Waals surface area contributed by atoms with Crippen molar-refractivity contribution < 1.29 is 9.53 Å². The van der Waals surface area contributed by atoms with Crippen LogP contribution in [0.25, 0.3) is 0 Å². The first kappa shape index (κ1) is 15.7. The zero-order valence-electron chi connectivity index (χ0n) is 13.1. The minimum atomic E-state index is -0.427. The Kier molecular flexibility index (Phi) is 5.04. The van der Waals surface area contributed by atoms with Crippen molar-refractivity contribution in [1.82, 2.24) is 15.5 Å². The van der Waals surface area contributed by atoms with Gasteiger partial charge in [-0.3, -0.25) is 9.69 Å². The fraction of sp³-hybridized carbons (Fsp3) is 0.933. The van der Waals surface area contributed by atoms with Crippen LogP contribution in [0.2, 0.25) is 0 Å². The van der Waals surface area contributed by atoms with Crippen molar-refractivity contribution in [3.63, 3.8) is 0 Å². The Morgan fingerprint density at radius 1 is 1.30 bits per heavy atom. The molecule has 116 valence electrons. The second-order valence-corrected chi connectivity index (χ2v) is 6.90. The Morgan fingerprint density at radius 3 is 2.50 bits per heavy atom. The molecule has 0 atom stereocenters. The topological polar surface area (TPSA) is 53.6 Å². The lowest BCUT2D eigenvalue weighted by molar-refractivity contribution is -0.133. The molecular formula is C15H29N3O2. The Hall–Kier alpha value is -0.650. The fourth-order valence-corrected chi connectivity index (χ4v) is 2.92. The predicted octanol–water partition coefficient (Wildman–Crippen LogP) is 0.603. The summed E-state index contributed by atoms with van der Waals surface area (Å²) in [6.45, 7) is 12.5. The molecule has 2 rings (SSSR count). The average Bonchev–Trinajstić information content (AvgIpc) is 2.46. The Bertz CT molecular complexity index is 332. The first-order valence-electron chi connectivity index (χ1n) is 7.76. The lowest BCUT2D eigenvalue weighted by Gasteiger charge is -2.41. The van der Waals surface area contributed by atoms with E-state index in [1.165, 1.54) is 0 Å². The summed E-state index contributed by atoms with van der Waals surface area (Å²) in [6.07, 6.45) is 2.06. The largest absolute Gasteiger partial charge is 0.381 e. The summed E-state index contributed by atoms with van der Waals surface area (Å²) in [7, 11) is 0. The maximum atomic E-state index is 12.5. The van der Waals surface area contributed by atoms with Crippen LogP contribution in [0.15, 0.2) is 0 Å². The molecule has 0 spiro atoms. The molecule has 5 heteroatoms. The minimum Gasteiger partial charge on any atom is -0.381 e. The van der Waals surface area contributed by atoms with E-state index in [9.17, 15) is 4.79 Å². The van der Waals surface area contributed by atoms with Crippen molar-refractivity contribution in [2.75, 3.05) is 45.9 Å². The summed E-state index contributed by atoms with van der Waals surface area (Å²) in [5.41, 5.74) is -0.239. The highest BCUT2D eigenvalue weighted by atomic mass is 16.5. The van der Waals surface area contributed by atoms with Crippen LogP contribution in [0.4, 0.5) is 0 Å². The molecule has 5 nitrogen and oxygen atoms in total. The van der Waals surface area contributed by atoms with E-state index < -0.39 is 5.54 Å². The summed E-state index contributed by atoms with van der Waals surface area (Å²) in [5, 5.41) is 6.50. The monoisotopic (exact) mass is 283 g/mol.